The van der Waals surface area contributed by atoms with Crippen molar-refractivity contribution in [2.75, 3.05) is 19.6 Å². The Hall–Kier alpha value is -1.93. The first-order valence-corrected chi connectivity index (χ1v) is 10.5. The van der Waals surface area contributed by atoms with Crippen LogP contribution in [-0.2, 0) is 26.0 Å². The summed E-state index contributed by atoms with van der Waals surface area (Å²) < 4.78 is 26.3. The van der Waals surface area contributed by atoms with Gasteiger partial charge in [-0.3, -0.25) is 9.59 Å². The maximum Gasteiger partial charge on any atom is 0.243 e. The average molecular weight is 381 g/mol. The van der Waals surface area contributed by atoms with Gasteiger partial charge in [-0.25, -0.2) is 8.42 Å². The van der Waals surface area contributed by atoms with Crippen LogP contribution in [0.1, 0.15) is 38.7 Å². The Morgan fingerprint density at radius 3 is 2.23 bits per heavy atom. The number of hydrogen-bond donors (Lipinski definition) is 2. The Kier molecular flexibility index (Phi) is 7.16. The van der Waals surface area contributed by atoms with E-state index in [4.69, 9.17) is 0 Å². The lowest BCUT2D eigenvalue weighted by molar-refractivity contribution is -0.126. The molecule has 1 aliphatic rings. The van der Waals surface area contributed by atoms with Crippen LogP contribution in [0.5, 0.6) is 0 Å². The van der Waals surface area contributed by atoms with Gasteiger partial charge in [0.2, 0.25) is 21.8 Å². The van der Waals surface area contributed by atoms with E-state index in [1.807, 2.05) is 0 Å². The van der Waals surface area contributed by atoms with Crippen LogP contribution in [0.4, 0.5) is 0 Å². The first kappa shape index (κ1) is 20.4. The van der Waals surface area contributed by atoms with Crippen LogP contribution >= 0.6 is 0 Å². The number of aryl methyl sites for hydroxylation is 1. The van der Waals surface area contributed by atoms with E-state index in [9.17, 15) is 18.0 Å². The smallest absolute Gasteiger partial charge is 0.243 e. The van der Waals surface area contributed by atoms with E-state index < -0.39 is 10.0 Å². The molecule has 0 radical (unpaired) electrons. The van der Waals surface area contributed by atoms with Crippen molar-refractivity contribution in [1.82, 2.24) is 14.9 Å². The van der Waals surface area contributed by atoms with E-state index in [1.165, 1.54) is 4.31 Å². The van der Waals surface area contributed by atoms with Crippen molar-refractivity contribution >= 4 is 21.8 Å². The number of hydrogen-bond acceptors (Lipinski definition) is 4. The topological polar surface area (TPSA) is 95.6 Å². The summed E-state index contributed by atoms with van der Waals surface area (Å²) >= 11 is 0. The second-order valence-electron chi connectivity index (χ2n) is 6.35. The molecule has 1 saturated carbocycles. The molecule has 7 nitrogen and oxygen atoms in total. The molecular formula is C18H27N3O4S. The lowest BCUT2D eigenvalue weighted by Gasteiger charge is -2.18. The zero-order chi connectivity index (χ0) is 19.2. The summed E-state index contributed by atoms with van der Waals surface area (Å²) in [5, 5.41) is 5.41. The number of amides is 2. The molecule has 1 aliphatic carbocycles. The summed E-state index contributed by atoms with van der Waals surface area (Å²) in [7, 11) is -3.46. The van der Waals surface area contributed by atoms with Crippen molar-refractivity contribution in [3.63, 3.8) is 0 Å². The molecule has 8 heteroatoms. The van der Waals surface area contributed by atoms with Gasteiger partial charge in [0, 0.05) is 25.6 Å². The molecule has 0 bridgehead atoms. The standard InChI is InChI=1S/C18H27N3O4S/c1-3-21(4-2)26(24,25)16-10-5-14(6-11-16)7-12-17(22)19-13-18(23)20-15-8-9-15/h5-6,10-11,15H,3-4,7-9,12-13H2,1-2H3,(H,19,22)(H,20,23). The van der Waals surface area contributed by atoms with E-state index >= 15 is 0 Å². The minimum Gasteiger partial charge on any atom is -0.352 e. The molecular weight excluding hydrogens is 354 g/mol. The van der Waals surface area contributed by atoms with Crippen molar-refractivity contribution in [2.24, 2.45) is 0 Å². The predicted octanol–water partition coefficient (Wildman–Crippen LogP) is 1.04. The van der Waals surface area contributed by atoms with Crippen molar-refractivity contribution < 1.29 is 18.0 Å². The lowest BCUT2D eigenvalue weighted by Crippen LogP contribution is -2.37. The largest absolute Gasteiger partial charge is 0.352 e. The summed E-state index contributed by atoms with van der Waals surface area (Å²) in [6.45, 7) is 4.46. The number of sulfonamides is 1. The van der Waals surface area contributed by atoms with Gasteiger partial charge in [-0.1, -0.05) is 26.0 Å². The van der Waals surface area contributed by atoms with Crippen LogP contribution in [0.25, 0.3) is 0 Å². The van der Waals surface area contributed by atoms with Gasteiger partial charge in [-0.15, -0.1) is 0 Å². The Bertz CT molecular complexity index is 723. The fourth-order valence-corrected chi connectivity index (χ4v) is 4.03. The molecule has 0 unspecified atom stereocenters. The third kappa shape index (κ3) is 5.81. The molecule has 1 fully saturated rings. The normalized spacial score (nSPS) is 14.3. The fraction of sp³-hybridized carbons (Fsp3) is 0.556. The van der Waals surface area contributed by atoms with Crippen LogP contribution < -0.4 is 10.6 Å². The third-order valence-corrected chi connectivity index (χ3v) is 6.36. The Morgan fingerprint density at radius 1 is 1.08 bits per heavy atom. The minimum absolute atomic E-state index is 0.00359. The quantitative estimate of drug-likeness (QED) is 0.633. The molecule has 1 aromatic carbocycles. The van der Waals surface area contributed by atoms with E-state index in [1.54, 1.807) is 38.1 Å². The molecule has 2 rings (SSSR count). The molecule has 0 heterocycles. The zero-order valence-electron chi connectivity index (χ0n) is 15.3. The lowest BCUT2D eigenvalue weighted by atomic mass is 10.1. The summed E-state index contributed by atoms with van der Waals surface area (Å²) in [6, 6.07) is 6.88. The van der Waals surface area contributed by atoms with E-state index in [2.05, 4.69) is 10.6 Å². The summed E-state index contributed by atoms with van der Waals surface area (Å²) in [6.07, 6.45) is 2.76. The molecule has 0 saturated heterocycles. The highest BCUT2D eigenvalue weighted by atomic mass is 32.2. The summed E-state index contributed by atoms with van der Waals surface area (Å²) in [5.41, 5.74) is 0.876. The molecule has 2 N–H and O–H groups in total. The summed E-state index contributed by atoms with van der Waals surface area (Å²) in [5.74, 6) is -0.359. The molecule has 0 aliphatic heterocycles. The van der Waals surface area contributed by atoms with E-state index in [0.717, 1.165) is 18.4 Å². The van der Waals surface area contributed by atoms with Crippen LogP contribution in [-0.4, -0.2) is 50.2 Å². The predicted molar refractivity (Wildman–Crippen MR) is 99.0 cm³/mol. The number of carbonyl (C=O) groups excluding carboxylic acids is 2. The fourth-order valence-electron chi connectivity index (χ4n) is 2.57. The first-order valence-electron chi connectivity index (χ1n) is 9.02. The van der Waals surface area contributed by atoms with Gasteiger partial charge in [0.15, 0.2) is 0 Å². The summed E-state index contributed by atoms with van der Waals surface area (Å²) in [4.78, 5) is 23.6. The first-order chi connectivity index (χ1) is 12.4. The van der Waals surface area contributed by atoms with Crippen molar-refractivity contribution in [3.8, 4) is 0 Å². The van der Waals surface area contributed by atoms with Gasteiger partial charge < -0.3 is 10.6 Å². The second-order valence-corrected chi connectivity index (χ2v) is 8.29. The van der Waals surface area contributed by atoms with Gasteiger partial charge in [0.25, 0.3) is 0 Å². The Morgan fingerprint density at radius 2 is 1.69 bits per heavy atom. The number of rotatable bonds is 10. The molecule has 1 aromatic rings. The molecule has 144 valence electrons. The molecule has 2 amide bonds. The van der Waals surface area contributed by atoms with Gasteiger partial charge in [-0.05, 0) is 37.0 Å². The molecule has 0 aromatic heterocycles. The highest BCUT2D eigenvalue weighted by Gasteiger charge is 2.23. The Labute approximate surface area is 155 Å². The molecule has 26 heavy (non-hydrogen) atoms. The van der Waals surface area contributed by atoms with Crippen LogP contribution in [0, 0.1) is 0 Å². The molecule has 0 spiro atoms. The third-order valence-electron chi connectivity index (χ3n) is 4.30. The van der Waals surface area contributed by atoms with Crippen molar-refractivity contribution in [2.45, 2.75) is 50.5 Å². The highest BCUT2D eigenvalue weighted by molar-refractivity contribution is 7.89. The SMILES string of the molecule is CCN(CC)S(=O)(=O)c1ccc(CCC(=O)NCC(=O)NC2CC2)cc1. The second kappa shape index (κ2) is 9.14. The van der Waals surface area contributed by atoms with Gasteiger partial charge in [0.05, 0.1) is 11.4 Å². The maximum atomic E-state index is 12.4. The highest BCUT2D eigenvalue weighted by Crippen LogP contribution is 2.18. The number of nitrogens with zero attached hydrogens (tertiary/aromatic N) is 1. The van der Waals surface area contributed by atoms with Crippen molar-refractivity contribution in [3.05, 3.63) is 29.8 Å². The van der Waals surface area contributed by atoms with Crippen LogP contribution in [0.3, 0.4) is 0 Å². The number of benzene rings is 1. The van der Waals surface area contributed by atoms with E-state index in [0.29, 0.717) is 19.5 Å². The van der Waals surface area contributed by atoms with Gasteiger partial charge in [-0.2, -0.15) is 4.31 Å². The van der Waals surface area contributed by atoms with Crippen molar-refractivity contribution in [1.29, 1.82) is 0 Å². The minimum atomic E-state index is -3.46. The van der Waals surface area contributed by atoms with Gasteiger partial charge in [0.1, 0.15) is 0 Å². The number of nitrogens with one attached hydrogen (secondary N) is 2. The van der Waals surface area contributed by atoms with Gasteiger partial charge >= 0.3 is 0 Å². The Balaban J connectivity index is 1.81. The molecule has 0 atom stereocenters. The average Bonchev–Trinajstić information content (AvgIpc) is 3.43. The van der Waals surface area contributed by atoms with E-state index in [-0.39, 0.29) is 35.7 Å². The van der Waals surface area contributed by atoms with Crippen LogP contribution in [0.15, 0.2) is 29.2 Å². The zero-order valence-corrected chi connectivity index (χ0v) is 16.1. The monoisotopic (exact) mass is 381 g/mol. The van der Waals surface area contributed by atoms with Crippen LogP contribution in [0.2, 0.25) is 0 Å². The number of carbonyl (C=O) groups is 2. The maximum absolute atomic E-state index is 12.4.